The Morgan fingerprint density at radius 1 is 1.09 bits per heavy atom. The number of likely N-dealkylation sites (N-methyl/N-ethyl adjacent to an activating group) is 2. The molecule has 2 aromatic heterocycles. The number of rotatable bonds is 8. The summed E-state index contributed by atoms with van der Waals surface area (Å²) in [5.74, 6) is 1.12. The third-order valence-electron chi connectivity index (χ3n) is 6.55. The van der Waals surface area contributed by atoms with Gasteiger partial charge >= 0.3 is 0 Å². The van der Waals surface area contributed by atoms with Gasteiger partial charge < -0.3 is 20.2 Å². The van der Waals surface area contributed by atoms with E-state index in [0.29, 0.717) is 25.6 Å². The maximum Gasteiger partial charge on any atom is 0.225 e. The van der Waals surface area contributed by atoms with Gasteiger partial charge in [0.15, 0.2) is 5.82 Å². The molecule has 0 bridgehead atoms. The van der Waals surface area contributed by atoms with Gasteiger partial charge in [0.2, 0.25) is 5.95 Å². The molecule has 9 heteroatoms. The first kappa shape index (κ1) is 23.0. The number of aromatic nitrogens is 4. The highest BCUT2D eigenvalue weighted by Crippen LogP contribution is 2.42. The number of anilines is 3. The molecule has 33 heavy (non-hydrogen) atoms. The Morgan fingerprint density at radius 2 is 1.85 bits per heavy atom. The predicted octanol–water partition coefficient (Wildman–Crippen LogP) is 3.63. The highest BCUT2D eigenvalue weighted by Gasteiger charge is 2.46. The summed E-state index contributed by atoms with van der Waals surface area (Å²) in [5.41, 5.74) is 2.38. The molecule has 0 saturated carbocycles. The Labute approximate surface area is 194 Å². The number of fused-ring (bicyclic) bond motifs is 1. The number of halogens is 1. The molecule has 2 N–H and O–H groups in total. The van der Waals surface area contributed by atoms with Crippen molar-refractivity contribution < 1.29 is 9.50 Å². The Kier molecular flexibility index (Phi) is 6.51. The Morgan fingerprint density at radius 3 is 2.52 bits per heavy atom. The first-order valence-corrected chi connectivity index (χ1v) is 11.5. The number of nitrogens with one attached hydrogen (secondary N) is 1. The van der Waals surface area contributed by atoms with Crippen molar-refractivity contribution in [2.75, 3.05) is 28.2 Å². The number of nitrogens with zero attached hydrogens (tertiary/aromatic N) is 6. The standard InChI is InChI=1S/C24H32FN7O/c1-5-24(4)22(33)31(6-2)20-14-27-23(29-21(20)32(24)7-3)26-12-18-13-28-30(16-18)15-17-8-10-19(25)11-9-17/h8-11,13-14,16,22,33H,5-7,12,15H2,1-4H3,(H,26,27,29)/t22?,24-/m0/s1. The average molecular weight is 454 g/mol. The molecular weight excluding hydrogens is 421 g/mol. The molecule has 0 fully saturated rings. The lowest BCUT2D eigenvalue weighted by Gasteiger charge is -2.53. The van der Waals surface area contributed by atoms with Gasteiger partial charge in [-0.05, 0) is 44.9 Å². The molecule has 1 unspecified atom stereocenters. The summed E-state index contributed by atoms with van der Waals surface area (Å²) in [6.07, 6.45) is 5.70. The van der Waals surface area contributed by atoms with Crippen molar-refractivity contribution in [3.8, 4) is 0 Å². The van der Waals surface area contributed by atoms with Crippen LogP contribution in [0.25, 0.3) is 0 Å². The van der Waals surface area contributed by atoms with Crippen molar-refractivity contribution in [2.24, 2.45) is 0 Å². The third kappa shape index (κ3) is 4.37. The normalized spacial score (nSPS) is 20.1. The lowest BCUT2D eigenvalue weighted by Crippen LogP contribution is -2.64. The minimum atomic E-state index is -0.630. The summed E-state index contributed by atoms with van der Waals surface area (Å²) in [7, 11) is 0. The molecule has 1 aliphatic heterocycles. The van der Waals surface area contributed by atoms with Gasteiger partial charge in [-0.1, -0.05) is 19.1 Å². The molecule has 176 valence electrons. The molecule has 0 aliphatic carbocycles. The fraction of sp³-hybridized carbons (Fsp3) is 0.458. The molecule has 3 heterocycles. The van der Waals surface area contributed by atoms with Crippen LogP contribution in [-0.4, -0.2) is 49.7 Å². The topological polar surface area (TPSA) is 82.3 Å². The van der Waals surface area contributed by atoms with E-state index in [0.717, 1.165) is 35.6 Å². The van der Waals surface area contributed by atoms with Gasteiger partial charge in [-0.15, -0.1) is 0 Å². The van der Waals surface area contributed by atoms with Crippen LogP contribution in [0.4, 0.5) is 21.8 Å². The van der Waals surface area contributed by atoms with E-state index in [-0.39, 0.29) is 5.82 Å². The van der Waals surface area contributed by atoms with Crippen molar-refractivity contribution in [3.63, 3.8) is 0 Å². The van der Waals surface area contributed by atoms with Gasteiger partial charge in [0.05, 0.1) is 24.5 Å². The summed E-state index contributed by atoms with van der Waals surface area (Å²) in [6.45, 7) is 10.8. The van der Waals surface area contributed by atoms with Crippen molar-refractivity contribution >= 4 is 17.5 Å². The van der Waals surface area contributed by atoms with Crippen LogP contribution in [-0.2, 0) is 13.1 Å². The fourth-order valence-electron chi connectivity index (χ4n) is 4.47. The quantitative estimate of drug-likeness (QED) is 0.539. The largest absolute Gasteiger partial charge is 0.371 e. The van der Waals surface area contributed by atoms with Crippen LogP contribution in [0.15, 0.2) is 42.9 Å². The molecule has 0 spiro atoms. The lowest BCUT2D eigenvalue weighted by molar-refractivity contribution is 0.0763. The molecular formula is C24H32FN7O. The van der Waals surface area contributed by atoms with Crippen LogP contribution in [0.1, 0.15) is 45.2 Å². The van der Waals surface area contributed by atoms with Crippen LogP contribution < -0.4 is 15.1 Å². The zero-order valence-electron chi connectivity index (χ0n) is 19.7. The minimum absolute atomic E-state index is 0.244. The van der Waals surface area contributed by atoms with Gasteiger partial charge in [0, 0.05) is 31.4 Å². The first-order valence-electron chi connectivity index (χ1n) is 11.5. The average Bonchev–Trinajstić information content (AvgIpc) is 3.27. The number of benzene rings is 1. The number of hydrogen-bond acceptors (Lipinski definition) is 7. The highest BCUT2D eigenvalue weighted by atomic mass is 19.1. The van der Waals surface area contributed by atoms with E-state index in [4.69, 9.17) is 4.98 Å². The SMILES string of the molecule is CCN1c2cnc(NCc3cnn(Cc4ccc(F)cc4)c3)nc2N(CC)[C@@](C)(CC)C1O. The first-order chi connectivity index (χ1) is 15.9. The molecule has 1 aromatic carbocycles. The Balaban J connectivity index is 1.50. The van der Waals surface area contributed by atoms with Gasteiger partial charge in [-0.25, -0.2) is 9.37 Å². The van der Waals surface area contributed by atoms with E-state index in [1.54, 1.807) is 24.5 Å². The van der Waals surface area contributed by atoms with E-state index < -0.39 is 11.8 Å². The van der Waals surface area contributed by atoms with Crippen LogP contribution in [0, 0.1) is 5.82 Å². The maximum absolute atomic E-state index is 13.1. The summed E-state index contributed by atoms with van der Waals surface area (Å²) in [5, 5.41) is 18.8. The third-order valence-corrected chi connectivity index (χ3v) is 6.55. The van der Waals surface area contributed by atoms with E-state index in [1.807, 2.05) is 22.7 Å². The number of hydrogen-bond donors (Lipinski definition) is 2. The zero-order chi connectivity index (χ0) is 23.6. The summed E-state index contributed by atoms with van der Waals surface area (Å²) < 4.78 is 14.9. The zero-order valence-corrected chi connectivity index (χ0v) is 19.7. The van der Waals surface area contributed by atoms with Crippen LogP contribution in [0.3, 0.4) is 0 Å². The summed E-state index contributed by atoms with van der Waals surface area (Å²) >= 11 is 0. The van der Waals surface area contributed by atoms with Crippen molar-refractivity contribution in [1.29, 1.82) is 0 Å². The molecule has 0 saturated heterocycles. The van der Waals surface area contributed by atoms with Crippen LogP contribution in [0.5, 0.6) is 0 Å². The summed E-state index contributed by atoms with van der Waals surface area (Å²) in [6, 6.07) is 6.43. The van der Waals surface area contributed by atoms with E-state index in [2.05, 4.69) is 41.1 Å². The predicted molar refractivity (Wildman–Crippen MR) is 128 cm³/mol. The monoisotopic (exact) mass is 453 g/mol. The van der Waals surface area contributed by atoms with Gasteiger partial charge in [0.25, 0.3) is 0 Å². The van der Waals surface area contributed by atoms with Gasteiger partial charge in [0.1, 0.15) is 17.7 Å². The van der Waals surface area contributed by atoms with Crippen molar-refractivity contribution in [1.82, 2.24) is 19.7 Å². The second kappa shape index (κ2) is 9.35. The number of aliphatic hydroxyl groups is 1. The molecule has 1 aliphatic rings. The Bertz CT molecular complexity index is 1090. The van der Waals surface area contributed by atoms with Crippen molar-refractivity contribution in [2.45, 2.75) is 59.0 Å². The Hall–Kier alpha value is -3.20. The van der Waals surface area contributed by atoms with Crippen LogP contribution >= 0.6 is 0 Å². The van der Waals surface area contributed by atoms with Crippen LogP contribution in [0.2, 0.25) is 0 Å². The maximum atomic E-state index is 13.1. The smallest absolute Gasteiger partial charge is 0.225 e. The van der Waals surface area contributed by atoms with E-state index >= 15 is 0 Å². The molecule has 8 nitrogen and oxygen atoms in total. The van der Waals surface area contributed by atoms with E-state index in [1.165, 1.54) is 12.1 Å². The molecule has 3 aromatic rings. The fourth-order valence-corrected chi connectivity index (χ4v) is 4.47. The van der Waals surface area contributed by atoms with Gasteiger partial charge in [-0.2, -0.15) is 10.1 Å². The second-order valence-electron chi connectivity index (χ2n) is 8.54. The van der Waals surface area contributed by atoms with Crippen molar-refractivity contribution in [3.05, 3.63) is 59.8 Å². The molecule has 0 amide bonds. The summed E-state index contributed by atoms with van der Waals surface area (Å²) in [4.78, 5) is 13.5. The molecule has 0 radical (unpaired) electrons. The lowest BCUT2D eigenvalue weighted by atomic mass is 9.90. The highest BCUT2D eigenvalue weighted by molar-refractivity contribution is 5.72. The minimum Gasteiger partial charge on any atom is -0.371 e. The van der Waals surface area contributed by atoms with E-state index in [9.17, 15) is 9.50 Å². The molecule has 2 atom stereocenters. The molecule has 4 rings (SSSR count). The second-order valence-corrected chi connectivity index (χ2v) is 8.54. The van der Waals surface area contributed by atoms with Gasteiger partial charge in [-0.3, -0.25) is 4.68 Å². The number of aliphatic hydroxyl groups excluding tert-OH is 1.